The van der Waals surface area contributed by atoms with Crippen molar-refractivity contribution < 1.29 is 0 Å². The molecule has 2 heteroatoms. The lowest BCUT2D eigenvalue weighted by molar-refractivity contribution is 0.573. The molecule has 1 rings (SSSR count). The van der Waals surface area contributed by atoms with Gasteiger partial charge in [-0.3, -0.25) is 0 Å². The van der Waals surface area contributed by atoms with Gasteiger partial charge in [-0.1, -0.05) is 25.1 Å². The molecule has 0 saturated heterocycles. The van der Waals surface area contributed by atoms with Crippen molar-refractivity contribution in [2.24, 2.45) is 11.5 Å². The molecule has 0 aliphatic carbocycles. The predicted octanol–water partition coefficient (Wildman–Crippen LogP) is 1.69. The van der Waals surface area contributed by atoms with Crippen LogP contribution in [0.15, 0.2) is 18.2 Å². The summed E-state index contributed by atoms with van der Waals surface area (Å²) in [6, 6.07) is 6.40. The molecule has 0 saturated carbocycles. The van der Waals surface area contributed by atoms with E-state index in [9.17, 15) is 0 Å². The quantitative estimate of drug-likeness (QED) is 0.765. The topological polar surface area (TPSA) is 52.0 Å². The summed E-state index contributed by atoms with van der Waals surface area (Å²) in [4.78, 5) is 0. The van der Waals surface area contributed by atoms with Gasteiger partial charge in [0.05, 0.1) is 0 Å². The normalized spacial score (nSPS) is 15.2. The van der Waals surface area contributed by atoms with Crippen LogP contribution in [0.25, 0.3) is 0 Å². The van der Waals surface area contributed by atoms with Crippen molar-refractivity contribution >= 4 is 0 Å². The molecule has 14 heavy (non-hydrogen) atoms. The van der Waals surface area contributed by atoms with E-state index in [1.807, 2.05) is 0 Å². The number of rotatable bonds is 3. The Morgan fingerprint density at radius 3 is 2.50 bits per heavy atom. The van der Waals surface area contributed by atoms with Crippen molar-refractivity contribution in [1.29, 1.82) is 0 Å². The Balaban J connectivity index is 3.01. The maximum atomic E-state index is 5.94. The Hall–Kier alpha value is -0.860. The Labute approximate surface area is 86.3 Å². The van der Waals surface area contributed by atoms with Crippen LogP contribution in [-0.2, 0) is 0 Å². The first-order valence-corrected chi connectivity index (χ1v) is 5.09. The number of hydrogen-bond acceptors (Lipinski definition) is 2. The fraction of sp³-hybridized carbons (Fsp3) is 0.500. The smallest absolute Gasteiger partial charge is 0.0230 e. The van der Waals surface area contributed by atoms with E-state index in [-0.39, 0.29) is 6.04 Å². The first-order chi connectivity index (χ1) is 6.57. The van der Waals surface area contributed by atoms with Crippen LogP contribution in [0.4, 0.5) is 0 Å². The minimum atomic E-state index is 0.0514. The lowest BCUT2D eigenvalue weighted by atomic mass is 9.89. The van der Waals surface area contributed by atoms with E-state index in [1.54, 1.807) is 0 Å². The molecular formula is C12H20N2. The number of hydrogen-bond donors (Lipinski definition) is 2. The van der Waals surface area contributed by atoms with Crippen LogP contribution in [0.1, 0.15) is 29.5 Å². The SMILES string of the molecule is Cc1cccc([C@H](C)C(N)CN)c1C. The molecule has 0 radical (unpaired) electrons. The molecule has 0 spiro atoms. The molecular weight excluding hydrogens is 172 g/mol. The summed E-state index contributed by atoms with van der Waals surface area (Å²) in [5, 5.41) is 0. The molecule has 0 heterocycles. The Morgan fingerprint density at radius 2 is 1.93 bits per heavy atom. The van der Waals surface area contributed by atoms with E-state index in [2.05, 4.69) is 39.0 Å². The van der Waals surface area contributed by atoms with E-state index < -0.39 is 0 Å². The van der Waals surface area contributed by atoms with Crippen LogP contribution in [0, 0.1) is 13.8 Å². The summed E-state index contributed by atoms with van der Waals surface area (Å²) in [5.41, 5.74) is 15.5. The lowest BCUT2D eigenvalue weighted by Gasteiger charge is -2.21. The second-order valence-corrected chi connectivity index (χ2v) is 3.98. The minimum Gasteiger partial charge on any atom is -0.329 e. The highest BCUT2D eigenvalue weighted by atomic mass is 14.7. The minimum absolute atomic E-state index is 0.0514. The summed E-state index contributed by atoms with van der Waals surface area (Å²) in [6.45, 7) is 6.94. The van der Waals surface area contributed by atoms with Gasteiger partial charge in [-0.25, -0.2) is 0 Å². The highest BCUT2D eigenvalue weighted by Gasteiger charge is 2.15. The highest BCUT2D eigenvalue weighted by molar-refractivity contribution is 5.36. The van der Waals surface area contributed by atoms with Crippen LogP contribution in [-0.4, -0.2) is 12.6 Å². The molecule has 0 fully saturated rings. The van der Waals surface area contributed by atoms with E-state index in [1.165, 1.54) is 16.7 Å². The first-order valence-electron chi connectivity index (χ1n) is 5.09. The Morgan fingerprint density at radius 1 is 1.29 bits per heavy atom. The van der Waals surface area contributed by atoms with Gasteiger partial charge in [0.25, 0.3) is 0 Å². The standard InChI is InChI=1S/C12H20N2/c1-8-5-4-6-11(9(8)2)10(3)12(14)7-13/h4-6,10,12H,7,13-14H2,1-3H3/t10-,12?/m0/s1. The fourth-order valence-electron chi connectivity index (χ4n) is 1.70. The van der Waals surface area contributed by atoms with Crippen molar-refractivity contribution in [3.05, 3.63) is 34.9 Å². The zero-order valence-corrected chi connectivity index (χ0v) is 9.25. The zero-order valence-electron chi connectivity index (χ0n) is 9.25. The summed E-state index contributed by atoms with van der Waals surface area (Å²) in [6.07, 6.45) is 0. The molecule has 1 aromatic rings. The van der Waals surface area contributed by atoms with Gasteiger partial charge in [0.2, 0.25) is 0 Å². The van der Waals surface area contributed by atoms with Crippen molar-refractivity contribution in [2.45, 2.75) is 32.7 Å². The van der Waals surface area contributed by atoms with Crippen molar-refractivity contribution in [3.8, 4) is 0 Å². The third-order valence-corrected chi connectivity index (χ3v) is 3.05. The first kappa shape index (κ1) is 11.2. The van der Waals surface area contributed by atoms with Gasteiger partial charge in [0, 0.05) is 12.6 Å². The van der Waals surface area contributed by atoms with Crippen molar-refractivity contribution in [3.63, 3.8) is 0 Å². The van der Waals surface area contributed by atoms with Crippen LogP contribution >= 0.6 is 0 Å². The zero-order chi connectivity index (χ0) is 10.7. The van der Waals surface area contributed by atoms with Gasteiger partial charge in [-0.15, -0.1) is 0 Å². The summed E-state index contributed by atoms with van der Waals surface area (Å²) in [7, 11) is 0. The van der Waals surface area contributed by atoms with Gasteiger partial charge in [0.1, 0.15) is 0 Å². The lowest BCUT2D eigenvalue weighted by Crippen LogP contribution is -2.34. The van der Waals surface area contributed by atoms with Gasteiger partial charge < -0.3 is 11.5 Å². The van der Waals surface area contributed by atoms with E-state index >= 15 is 0 Å². The molecule has 2 nitrogen and oxygen atoms in total. The molecule has 0 bridgehead atoms. The molecule has 4 N–H and O–H groups in total. The molecule has 0 aliphatic rings. The van der Waals surface area contributed by atoms with Crippen molar-refractivity contribution in [2.75, 3.05) is 6.54 Å². The second kappa shape index (κ2) is 4.58. The maximum absolute atomic E-state index is 5.94. The van der Waals surface area contributed by atoms with Gasteiger partial charge in [-0.05, 0) is 36.5 Å². The third kappa shape index (κ3) is 2.14. The maximum Gasteiger partial charge on any atom is 0.0230 e. The van der Waals surface area contributed by atoms with E-state index in [0.29, 0.717) is 12.5 Å². The average molecular weight is 192 g/mol. The average Bonchev–Trinajstić information content (AvgIpc) is 2.20. The number of aryl methyl sites for hydroxylation is 1. The molecule has 0 aromatic heterocycles. The predicted molar refractivity (Wildman–Crippen MR) is 61.4 cm³/mol. The van der Waals surface area contributed by atoms with Crippen LogP contribution in [0.2, 0.25) is 0 Å². The third-order valence-electron chi connectivity index (χ3n) is 3.05. The fourth-order valence-corrected chi connectivity index (χ4v) is 1.70. The Bertz CT molecular complexity index is 307. The monoisotopic (exact) mass is 192 g/mol. The van der Waals surface area contributed by atoms with Crippen LogP contribution in [0.5, 0.6) is 0 Å². The highest BCUT2D eigenvalue weighted by Crippen LogP contribution is 2.23. The molecule has 0 aliphatic heterocycles. The summed E-state index contributed by atoms with van der Waals surface area (Å²) >= 11 is 0. The molecule has 78 valence electrons. The molecule has 2 atom stereocenters. The largest absolute Gasteiger partial charge is 0.329 e. The Kier molecular flexibility index (Phi) is 3.67. The number of benzene rings is 1. The molecule has 1 unspecified atom stereocenters. The molecule has 0 amide bonds. The van der Waals surface area contributed by atoms with Gasteiger partial charge in [0.15, 0.2) is 0 Å². The van der Waals surface area contributed by atoms with E-state index in [0.717, 1.165) is 0 Å². The summed E-state index contributed by atoms with van der Waals surface area (Å²) < 4.78 is 0. The number of nitrogens with two attached hydrogens (primary N) is 2. The second-order valence-electron chi connectivity index (χ2n) is 3.98. The van der Waals surface area contributed by atoms with Gasteiger partial charge in [-0.2, -0.15) is 0 Å². The van der Waals surface area contributed by atoms with Crippen LogP contribution < -0.4 is 11.5 Å². The molecule has 1 aromatic carbocycles. The van der Waals surface area contributed by atoms with Gasteiger partial charge >= 0.3 is 0 Å². The summed E-state index contributed by atoms with van der Waals surface area (Å²) in [5.74, 6) is 0.333. The van der Waals surface area contributed by atoms with Crippen LogP contribution in [0.3, 0.4) is 0 Å². The van der Waals surface area contributed by atoms with E-state index in [4.69, 9.17) is 11.5 Å². The van der Waals surface area contributed by atoms with Crippen molar-refractivity contribution in [1.82, 2.24) is 0 Å².